The molecular formula is C26H27F6N5O6. The molecule has 0 bridgehead atoms. The number of ether oxygens (including phenoxy) is 1. The lowest BCUT2D eigenvalue weighted by molar-refractivity contribution is -0.401. The number of hydrogen-bond acceptors (Lipinski definition) is 7. The number of para-hydroxylation sites is 1. The lowest BCUT2D eigenvalue weighted by Gasteiger charge is -2.38. The minimum atomic E-state index is -6.35. The third-order valence-electron chi connectivity index (χ3n) is 7.21. The Balaban J connectivity index is 1.69. The summed E-state index contributed by atoms with van der Waals surface area (Å²) in [6.45, 7) is 0.367. The van der Waals surface area contributed by atoms with Gasteiger partial charge in [0.25, 0.3) is 5.91 Å². The van der Waals surface area contributed by atoms with Crippen molar-refractivity contribution in [3.05, 3.63) is 53.6 Å². The standard InChI is InChI=1S/C26H27F6N5O6/c1-14-5-3-4-6-17(14)33-23(41)34-18-10-9-16(12-20(18)43-2)13-35-24(25(27,28)29,26(30,31)32)22(40)36(37(35)42)19(21(38)39)11-15-7-8-15/h3-6,9-10,12,15,19,42H,7-8,11,13H2,1-2H3,(H,38,39)(H2,33,34,41)/t19-/m0/s1. The van der Waals surface area contributed by atoms with Gasteiger partial charge in [0, 0.05) is 12.2 Å². The number of urea groups is 1. The highest BCUT2D eigenvalue weighted by atomic mass is 19.4. The van der Waals surface area contributed by atoms with Crippen molar-refractivity contribution in [2.45, 2.75) is 56.7 Å². The molecule has 1 aliphatic heterocycles. The minimum Gasteiger partial charge on any atom is -0.495 e. The van der Waals surface area contributed by atoms with Crippen molar-refractivity contribution < 1.29 is 55.8 Å². The summed E-state index contributed by atoms with van der Waals surface area (Å²) in [6, 6.07) is 7.05. The van der Waals surface area contributed by atoms with Gasteiger partial charge in [-0.25, -0.2) is 14.6 Å². The number of hydrogen-bond donors (Lipinski definition) is 4. The Hall–Kier alpha value is -4.09. The highest BCUT2D eigenvalue weighted by molar-refractivity contribution is 6.01. The van der Waals surface area contributed by atoms with Crippen LogP contribution in [0.25, 0.3) is 0 Å². The van der Waals surface area contributed by atoms with Gasteiger partial charge in [0.2, 0.25) is 0 Å². The van der Waals surface area contributed by atoms with Crippen molar-refractivity contribution in [1.29, 1.82) is 0 Å². The highest BCUT2D eigenvalue weighted by Crippen LogP contribution is 2.53. The van der Waals surface area contributed by atoms with Crippen molar-refractivity contribution in [2.75, 3.05) is 17.7 Å². The number of halogens is 6. The molecule has 1 atom stereocenters. The molecule has 234 valence electrons. The first-order valence-corrected chi connectivity index (χ1v) is 12.8. The lowest BCUT2D eigenvalue weighted by Crippen LogP contribution is -2.69. The molecule has 11 nitrogen and oxygen atoms in total. The number of carboxylic acids is 1. The van der Waals surface area contributed by atoms with Crippen LogP contribution in [0.2, 0.25) is 0 Å². The molecule has 2 aliphatic rings. The summed E-state index contributed by atoms with van der Waals surface area (Å²) in [5.41, 5.74) is -4.43. The van der Waals surface area contributed by atoms with Crippen LogP contribution in [-0.4, -0.2) is 74.6 Å². The second-order valence-corrected chi connectivity index (χ2v) is 10.1. The first kappa shape index (κ1) is 31.8. The SMILES string of the molecule is COc1cc(CN2N(O)N([C@@H](CC3CC3)C(=O)O)C(=O)C2(C(F)(F)F)C(F)(F)F)ccc1NC(=O)Nc1ccccc1C. The van der Waals surface area contributed by atoms with E-state index >= 15 is 0 Å². The van der Waals surface area contributed by atoms with Crippen LogP contribution in [0, 0.1) is 12.8 Å². The number of aliphatic carboxylic acids is 1. The first-order chi connectivity index (χ1) is 20.0. The van der Waals surface area contributed by atoms with E-state index in [9.17, 15) is 51.0 Å². The average molecular weight is 620 g/mol. The highest BCUT2D eigenvalue weighted by Gasteiger charge is 2.84. The predicted octanol–water partition coefficient (Wildman–Crippen LogP) is 4.93. The summed E-state index contributed by atoms with van der Waals surface area (Å²) in [4.78, 5) is 37.5. The van der Waals surface area contributed by atoms with Crippen LogP contribution >= 0.6 is 0 Å². The topological polar surface area (TPSA) is 135 Å². The van der Waals surface area contributed by atoms with Crippen LogP contribution in [0.3, 0.4) is 0 Å². The van der Waals surface area contributed by atoms with Gasteiger partial charge in [0.15, 0.2) is 0 Å². The maximum atomic E-state index is 14.4. The molecule has 17 heteroatoms. The van der Waals surface area contributed by atoms with Gasteiger partial charge in [-0.3, -0.25) is 10.0 Å². The quantitative estimate of drug-likeness (QED) is 0.291. The van der Waals surface area contributed by atoms with Crippen LogP contribution < -0.4 is 15.4 Å². The summed E-state index contributed by atoms with van der Waals surface area (Å²) in [5, 5.41) is 23.5. The maximum absolute atomic E-state index is 14.4. The van der Waals surface area contributed by atoms with Crippen LogP contribution in [0.4, 0.5) is 42.5 Å². The maximum Gasteiger partial charge on any atom is 0.426 e. The van der Waals surface area contributed by atoms with Gasteiger partial charge in [0.1, 0.15) is 11.8 Å². The average Bonchev–Trinajstić information content (AvgIpc) is 3.69. The lowest BCUT2D eigenvalue weighted by atomic mass is 9.94. The van der Waals surface area contributed by atoms with Gasteiger partial charge < -0.3 is 20.5 Å². The first-order valence-electron chi connectivity index (χ1n) is 12.8. The van der Waals surface area contributed by atoms with Crippen LogP contribution in [0.15, 0.2) is 42.5 Å². The zero-order valence-corrected chi connectivity index (χ0v) is 22.7. The van der Waals surface area contributed by atoms with Gasteiger partial charge in [-0.2, -0.15) is 31.4 Å². The normalized spacial score (nSPS) is 18.4. The number of methoxy groups -OCH3 is 1. The Morgan fingerprint density at radius 3 is 2.19 bits per heavy atom. The van der Waals surface area contributed by atoms with Crippen LogP contribution in [-0.2, 0) is 16.1 Å². The third-order valence-corrected chi connectivity index (χ3v) is 7.21. The molecule has 2 fully saturated rings. The van der Waals surface area contributed by atoms with Crippen LogP contribution in [0.1, 0.15) is 30.4 Å². The Bertz CT molecular complexity index is 1390. The number of carboxylic acid groups (broad SMARTS) is 1. The molecule has 0 spiro atoms. The third kappa shape index (κ3) is 5.92. The van der Waals surface area contributed by atoms with E-state index < -0.39 is 70.1 Å². The molecule has 4 N–H and O–H groups in total. The summed E-state index contributed by atoms with van der Waals surface area (Å²) in [5.74, 6) is -5.12. The fourth-order valence-electron chi connectivity index (χ4n) is 4.83. The number of benzene rings is 2. The predicted molar refractivity (Wildman–Crippen MR) is 136 cm³/mol. The van der Waals surface area contributed by atoms with Crippen LogP contribution in [0.5, 0.6) is 5.75 Å². The number of carbonyl (C=O) groups is 3. The molecule has 1 heterocycles. The zero-order chi connectivity index (χ0) is 31.9. The van der Waals surface area contributed by atoms with Gasteiger partial charge in [0.05, 0.1) is 12.8 Å². The summed E-state index contributed by atoms with van der Waals surface area (Å²) < 4.78 is 91.5. The number of hydrazine groups is 2. The zero-order valence-electron chi connectivity index (χ0n) is 22.7. The van der Waals surface area contributed by atoms with Crippen molar-refractivity contribution in [3.8, 4) is 5.75 Å². The number of carbonyl (C=O) groups excluding carboxylic acids is 2. The second kappa shape index (κ2) is 11.5. The Morgan fingerprint density at radius 2 is 1.65 bits per heavy atom. The van der Waals surface area contributed by atoms with Crippen molar-refractivity contribution in [3.63, 3.8) is 0 Å². The van der Waals surface area contributed by atoms with Gasteiger partial charge in [-0.05, 0) is 53.9 Å². The van der Waals surface area contributed by atoms with E-state index in [0.29, 0.717) is 18.5 Å². The largest absolute Gasteiger partial charge is 0.495 e. The number of nitrogens with one attached hydrogen (secondary N) is 2. The Labute approximate surface area is 240 Å². The summed E-state index contributed by atoms with van der Waals surface area (Å²) in [7, 11) is 1.13. The Kier molecular flexibility index (Phi) is 8.54. The fraction of sp³-hybridized carbons (Fsp3) is 0.423. The monoisotopic (exact) mass is 619 g/mol. The van der Waals surface area contributed by atoms with E-state index in [2.05, 4.69) is 10.6 Å². The molecule has 3 amide bonds. The van der Waals surface area contributed by atoms with E-state index in [4.69, 9.17) is 4.74 Å². The van der Waals surface area contributed by atoms with E-state index in [1.165, 1.54) is 0 Å². The summed E-state index contributed by atoms with van der Waals surface area (Å²) in [6.07, 6.45) is -12.2. The van der Waals surface area contributed by atoms with E-state index in [0.717, 1.165) is 30.9 Å². The second-order valence-electron chi connectivity index (χ2n) is 10.1. The fourth-order valence-corrected chi connectivity index (χ4v) is 4.83. The molecule has 0 unspecified atom stereocenters. The smallest absolute Gasteiger partial charge is 0.426 e. The van der Waals surface area contributed by atoms with Gasteiger partial charge >= 0.3 is 29.9 Å². The Morgan fingerprint density at radius 1 is 1.05 bits per heavy atom. The van der Waals surface area contributed by atoms with Gasteiger partial charge in [-0.1, -0.05) is 37.1 Å². The molecule has 43 heavy (non-hydrogen) atoms. The number of nitrogens with zero attached hydrogens (tertiary/aromatic N) is 3. The minimum absolute atomic E-state index is 0.00871. The number of alkyl halides is 6. The molecule has 2 aromatic carbocycles. The molecule has 1 aliphatic carbocycles. The van der Waals surface area contributed by atoms with Crippen molar-refractivity contribution in [2.24, 2.45) is 5.92 Å². The molecular weight excluding hydrogens is 592 g/mol. The summed E-state index contributed by atoms with van der Waals surface area (Å²) >= 11 is 0. The number of rotatable bonds is 9. The van der Waals surface area contributed by atoms with Crippen molar-refractivity contribution in [1.82, 2.24) is 15.3 Å². The number of aryl methyl sites for hydroxylation is 1. The molecule has 0 aromatic heterocycles. The molecule has 2 aromatic rings. The number of amides is 3. The van der Waals surface area contributed by atoms with E-state index in [-0.39, 0.29) is 22.9 Å². The van der Waals surface area contributed by atoms with Gasteiger partial charge in [-0.15, -0.1) is 0 Å². The molecule has 1 saturated carbocycles. The molecule has 0 radical (unpaired) electrons. The van der Waals surface area contributed by atoms with E-state index in [1.54, 1.807) is 31.2 Å². The van der Waals surface area contributed by atoms with Crippen molar-refractivity contribution >= 4 is 29.3 Å². The molecule has 4 rings (SSSR count). The number of anilines is 2. The molecule has 1 saturated heterocycles. The van der Waals surface area contributed by atoms with E-state index in [1.807, 2.05) is 0 Å².